The first kappa shape index (κ1) is 11.9. The van der Waals surface area contributed by atoms with Crippen LogP contribution in [0.25, 0.3) is 11.1 Å². The Kier molecular flexibility index (Phi) is 3.14. The molecule has 0 fully saturated rings. The van der Waals surface area contributed by atoms with Gasteiger partial charge in [0.1, 0.15) is 5.82 Å². The van der Waals surface area contributed by atoms with Gasteiger partial charge in [0.25, 0.3) is 0 Å². The van der Waals surface area contributed by atoms with Crippen LogP contribution in [0.5, 0.6) is 0 Å². The summed E-state index contributed by atoms with van der Waals surface area (Å²) in [4.78, 5) is 0. The van der Waals surface area contributed by atoms with Gasteiger partial charge in [0, 0.05) is 11.3 Å². The third kappa shape index (κ3) is 2.24. The number of hydrogen-bond donors (Lipinski definition) is 3. The van der Waals surface area contributed by atoms with Gasteiger partial charge in [0.2, 0.25) is 0 Å². The molecule has 0 unspecified atom stereocenters. The van der Waals surface area contributed by atoms with Crippen molar-refractivity contribution < 1.29 is 4.39 Å². The smallest absolute Gasteiger partial charge is 0.152 e. The van der Waals surface area contributed by atoms with Gasteiger partial charge in [0.15, 0.2) is 5.84 Å². The molecule has 0 radical (unpaired) electrons. The Morgan fingerprint density at radius 1 is 1.00 bits per heavy atom. The predicted molar refractivity (Wildman–Crippen MR) is 71.2 cm³/mol. The minimum atomic E-state index is -0.280. The molecule has 0 aromatic heterocycles. The summed E-state index contributed by atoms with van der Waals surface area (Å²) in [5.41, 5.74) is 14.2. The molecule has 0 aliphatic rings. The number of anilines is 1. The molecule has 0 amide bonds. The zero-order chi connectivity index (χ0) is 13.1. The number of nitrogen functional groups attached to an aromatic ring is 1. The van der Waals surface area contributed by atoms with Crippen LogP contribution in [0.15, 0.2) is 47.6 Å². The first-order valence-electron chi connectivity index (χ1n) is 5.31. The van der Waals surface area contributed by atoms with Crippen LogP contribution >= 0.6 is 0 Å². The van der Waals surface area contributed by atoms with Gasteiger partial charge in [-0.25, -0.2) is 4.39 Å². The van der Waals surface area contributed by atoms with Gasteiger partial charge in [-0.05, 0) is 35.4 Å². The molecule has 2 aromatic rings. The maximum absolute atomic E-state index is 12.9. The van der Waals surface area contributed by atoms with Crippen molar-refractivity contribution in [1.82, 2.24) is 0 Å². The number of amidine groups is 1. The monoisotopic (exact) mass is 244 g/mol. The van der Waals surface area contributed by atoms with Crippen LogP contribution in [-0.4, -0.2) is 5.84 Å². The van der Waals surface area contributed by atoms with Gasteiger partial charge in [0.05, 0.1) is 0 Å². The van der Waals surface area contributed by atoms with Gasteiger partial charge < -0.3 is 17.3 Å². The summed E-state index contributed by atoms with van der Waals surface area (Å²) in [5, 5.41) is 3.42. The maximum Gasteiger partial charge on any atom is 0.152 e. The Labute approximate surface area is 104 Å². The van der Waals surface area contributed by atoms with E-state index >= 15 is 0 Å². The van der Waals surface area contributed by atoms with Crippen molar-refractivity contribution in [2.75, 3.05) is 5.73 Å². The summed E-state index contributed by atoms with van der Waals surface area (Å²) in [7, 11) is 0. The highest BCUT2D eigenvalue weighted by Gasteiger charge is 2.06. The Hall–Kier alpha value is -2.56. The molecule has 2 rings (SSSR count). The third-order valence-corrected chi connectivity index (χ3v) is 2.65. The highest BCUT2D eigenvalue weighted by molar-refractivity contribution is 6.02. The molecule has 0 saturated heterocycles. The lowest BCUT2D eigenvalue weighted by molar-refractivity contribution is 0.628. The lowest BCUT2D eigenvalue weighted by atomic mass is 10.0. The zero-order valence-electron chi connectivity index (χ0n) is 9.60. The molecule has 0 heterocycles. The second-order valence-corrected chi connectivity index (χ2v) is 3.82. The fraction of sp³-hybridized carbons (Fsp3) is 0. The Morgan fingerprint density at radius 2 is 1.61 bits per heavy atom. The molecule has 0 aliphatic heterocycles. The molecule has 92 valence electrons. The van der Waals surface area contributed by atoms with Crippen LogP contribution in [0, 0.1) is 5.82 Å². The van der Waals surface area contributed by atoms with Crippen LogP contribution < -0.4 is 17.3 Å². The summed E-state index contributed by atoms with van der Waals surface area (Å²) in [6.07, 6.45) is 0. The lowest BCUT2D eigenvalue weighted by Gasteiger charge is -2.08. The number of benzene rings is 2. The Morgan fingerprint density at radius 3 is 2.22 bits per heavy atom. The normalized spacial score (nSPS) is 11.5. The first-order valence-corrected chi connectivity index (χ1v) is 5.31. The molecule has 2 aromatic carbocycles. The molecular formula is C13H13FN4. The largest absolute Gasteiger partial charge is 0.398 e. The number of nitrogens with two attached hydrogens (primary N) is 3. The van der Waals surface area contributed by atoms with Crippen molar-refractivity contribution in [1.29, 1.82) is 0 Å². The Bertz CT molecular complexity index is 590. The van der Waals surface area contributed by atoms with E-state index in [9.17, 15) is 4.39 Å². The number of halogens is 1. The molecule has 0 spiro atoms. The van der Waals surface area contributed by atoms with Crippen LogP contribution in [0.3, 0.4) is 0 Å². The number of hydrogen-bond acceptors (Lipinski definition) is 3. The van der Waals surface area contributed by atoms with E-state index in [1.807, 2.05) is 6.07 Å². The molecule has 0 aliphatic carbocycles. The van der Waals surface area contributed by atoms with E-state index in [2.05, 4.69) is 5.10 Å². The van der Waals surface area contributed by atoms with E-state index in [-0.39, 0.29) is 11.7 Å². The third-order valence-electron chi connectivity index (χ3n) is 2.65. The van der Waals surface area contributed by atoms with Crippen molar-refractivity contribution in [3.8, 4) is 11.1 Å². The maximum atomic E-state index is 12.9. The van der Waals surface area contributed by atoms with E-state index in [1.165, 1.54) is 12.1 Å². The molecule has 6 N–H and O–H groups in total. The van der Waals surface area contributed by atoms with Gasteiger partial charge in [-0.3, -0.25) is 0 Å². The van der Waals surface area contributed by atoms with Crippen molar-refractivity contribution in [3.63, 3.8) is 0 Å². The zero-order valence-corrected chi connectivity index (χ0v) is 9.60. The topological polar surface area (TPSA) is 90.4 Å². The van der Waals surface area contributed by atoms with E-state index in [0.717, 1.165) is 11.1 Å². The fourth-order valence-electron chi connectivity index (χ4n) is 1.67. The highest BCUT2D eigenvalue weighted by Crippen LogP contribution is 2.23. The van der Waals surface area contributed by atoms with E-state index in [4.69, 9.17) is 17.3 Å². The Balaban J connectivity index is 2.50. The highest BCUT2D eigenvalue weighted by atomic mass is 19.1. The van der Waals surface area contributed by atoms with Crippen LogP contribution in [0.2, 0.25) is 0 Å². The predicted octanol–water partition coefficient (Wildman–Crippen LogP) is 1.65. The second kappa shape index (κ2) is 4.75. The van der Waals surface area contributed by atoms with Gasteiger partial charge in [-0.2, -0.15) is 5.10 Å². The first-order chi connectivity index (χ1) is 8.61. The molecule has 0 saturated carbocycles. The molecule has 4 nitrogen and oxygen atoms in total. The van der Waals surface area contributed by atoms with Crippen molar-refractivity contribution in [2.24, 2.45) is 16.7 Å². The quantitative estimate of drug-likeness (QED) is 0.247. The number of hydrazone groups is 1. The summed E-state index contributed by atoms with van der Waals surface area (Å²) in [6.45, 7) is 0. The molecule has 0 bridgehead atoms. The van der Waals surface area contributed by atoms with Crippen molar-refractivity contribution in [2.45, 2.75) is 0 Å². The molecule has 18 heavy (non-hydrogen) atoms. The van der Waals surface area contributed by atoms with E-state index < -0.39 is 0 Å². The minimum Gasteiger partial charge on any atom is -0.398 e. The van der Waals surface area contributed by atoms with E-state index in [0.29, 0.717) is 11.3 Å². The molecular weight excluding hydrogens is 231 g/mol. The van der Waals surface area contributed by atoms with Gasteiger partial charge in [-0.15, -0.1) is 0 Å². The SMILES string of the molecule is N/N=C(\N)c1cc(-c2ccc(F)cc2)ccc1N. The average molecular weight is 244 g/mol. The average Bonchev–Trinajstić information content (AvgIpc) is 2.39. The van der Waals surface area contributed by atoms with Gasteiger partial charge >= 0.3 is 0 Å². The molecule has 5 heteroatoms. The van der Waals surface area contributed by atoms with E-state index in [1.54, 1.807) is 24.3 Å². The van der Waals surface area contributed by atoms with Crippen LogP contribution in [-0.2, 0) is 0 Å². The molecule has 0 atom stereocenters. The summed E-state index contributed by atoms with van der Waals surface area (Å²) in [6, 6.07) is 11.5. The van der Waals surface area contributed by atoms with Crippen molar-refractivity contribution >= 4 is 11.5 Å². The van der Waals surface area contributed by atoms with Crippen LogP contribution in [0.4, 0.5) is 10.1 Å². The minimum absolute atomic E-state index is 0.163. The summed E-state index contributed by atoms with van der Waals surface area (Å²) >= 11 is 0. The number of nitrogens with zero attached hydrogens (tertiary/aromatic N) is 1. The van der Waals surface area contributed by atoms with Crippen LogP contribution in [0.1, 0.15) is 5.56 Å². The second-order valence-electron chi connectivity index (χ2n) is 3.82. The standard InChI is InChI=1S/C13H13FN4/c14-10-4-1-8(2-5-10)9-3-6-12(15)11(7-9)13(16)18-17/h1-7H,15,17H2,(H2,16,18). The lowest BCUT2D eigenvalue weighted by Crippen LogP contribution is -2.17. The van der Waals surface area contributed by atoms with Crippen molar-refractivity contribution in [3.05, 3.63) is 53.8 Å². The summed E-state index contributed by atoms with van der Waals surface area (Å²) < 4.78 is 12.9. The summed E-state index contributed by atoms with van der Waals surface area (Å²) in [5.74, 6) is 5.02. The number of rotatable bonds is 2. The fourth-order valence-corrected chi connectivity index (χ4v) is 1.67. The van der Waals surface area contributed by atoms with Gasteiger partial charge in [-0.1, -0.05) is 18.2 Å².